The lowest BCUT2D eigenvalue weighted by atomic mass is 9.97. The highest BCUT2D eigenvalue weighted by Crippen LogP contribution is 2.28. The van der Waals surface area contributed by atoms with Crippen LogP contribution in [0.5, 0.6) is 0 Å². The molecule has 1 aromatic heterocycles. The minimum Gasteiger partial charge on any atom is -0.386 e. The number of ether oxygens (including phenoxy) is 1. The summed E-state index contributed by atoms with van der Waals surface area (Å²) >= 11 is 0. The Bertz CT molecular complexity index is 812. The lowest BCUT2D eigenvalue weighted by Gasteiger charge is -2.31. The number of likely N-dealkylation sites (tertiary alicyclic amines) is 1. The van der Waals surface area contributed by atoms with Crippen LogP contribution in [0.1, 0.15) is 50.7 Å². The van der Waals surface area contributed by atoms with Gasteiger partial charge >= 0.3 is 0 Å². The van der Waals surface area contributed by atoms with Crippen LogP contribution in [0.4, 0.5) is 0 Å². The van der Waals surface area contributed by atoms with Gasteiger partial charge < -0.3 is 14.8 Å². The van der Waals surface area contributed by atoms with Crippen LogP contribution in [0.3, 0.4) is 0 Å². The lowest BCUT2D eigenvalue weighted by Crippen LogP contribution is -2.37. The van der Waals surface area contributed by atoms with Crippen LogP contribution < -0.4 is 0 Å². The minimum absolute atomic E-state index is 0.650. The molecule has 4 nitrogen and oxygen atoms in total. The van der Waals surface area contributed by atoms with Crippen molar-refractivity contribution < 1.29 is 9.84 Å². The highest BCUT2D eigenvalue weighted by atomic mass is 16.5. The normalized spacial score (nSPS) is 22.6. The van der Waals surface area contributed by atoms with Gasteiger partial charge in [-0.05, 0) is 81.7 Å². The Kier molecular flexibility index (Phi) is 5.91. The number of fused-ring (bicyclic) bond motifs is 1. The van der Waals surface area contributed by atoms with Crippen LogP contribution >= 0.6 is 0 Å². The van der Waals surface area contributed by atoms with Gasteiger partial charge in [-0.3, -0.25) is 4.90 Å². The van der Waals surface area contributed by atoms with Crippen molar-refractivity contribution in [1.82, 2.24) is 9.88 Å². The van der Waals surface area contributed by atoms with E-state index >= 15 is 0 Å². The third kappa shape index (κ3) is 4.86. The number of hydrogen-bond acceptors (Lipinski definition) is 3. The lowest BCUT2D eigenvalue weighted by molar-refractivity contribution is 0.0507. The summed E-state index contributed by atoms with van der Waals surface area (Å²) in [5.41, 5.74) is 2.97. The third-order valence-electron chi connectivity index (χ3n) is 6.26. The summed E-state index contributed by atoms with van der Waals surface area (Å²) in [6, 6.07) is 7.16. The monoisotopic (exact) mass is 382 g/mol. The van der Waals surface area contributed by atoms with Crippen LogP contribution in [0.2, 0.25) is 0 Å². The van der Waals surface area contributed by atoms with Crippen molar-refractivity contribution in [3.8, 4) is 0 Å². The van der Waals surface area contributed by atoms with Gasteiger partial charge in [0.25, 0.3) is 0 Å². The second kappa shape index (κ2) is 8.40. The van der Waals surface area contributed by atoms with E-state index in [1.54, 1.807) is 13.8 Å². The van der Waals surface area contributed by atoms with E-state index in [0.29, 0.717) is 6.04 Å². The second-order valence-electron chi connectivity index (χ2n) is 9.16. The van der Waals surface area contributed by atoms with Crippen molar-refractivity contribution in [2.75, 3.05) is 26.3 Å². The van der Waals surface area contributed by atoms with Crippen LogP contribution in [0, 0.1) is 5.92 Å². The standard InChI is InChI=1S/C24H34N2O2/c1-24(2,27)10-7-18-5-6-23-22(14-18)20(16-25-23)15-21-4-3-11-26(21)17-19-8-12-28-13-9-19/h5-7,10,14,16,19,21,25,27H,3-4,8-9,11-13,15,17H2,1-2H3/t21-/m1/s1. The minimum atomic E-state index is -0.787. The Morgan fingerprint density at radius 1 is 1.25 bits per heavy atom. The van der Waals surface area contributed by atoms with E-state index in [1.807, 2.05) is 12.2 Å². The fourth-order valence-corrected chi connectivity index (χ4v) is 4.65. The van der Waals surface area contributed by atoms with Crippen LogP contribution in [0.15, 0.2) is 30.5 Å². The molecule has 2 fully saturated rings. The Balaban J connectivity index is 1.48. The van der Waals surface area contributed by atoms with Crippen molar-refractivity contribution in [1.29, 1.82) is 0 Å². The van der Waals surface area contributed by atoms with Crippen molar-refractivity contribution in [3.63, 3.8) is 0 Å². The molecule has 2 aromatic rings. The summed E-state index contributed by atoms with van der Waals surface area (Å²) in [6.07, 6.45) is 12.2. The van der Waals surface area contributed by atoms with Crippen molar-refractivity contribution in [2.24, 2.45) is 5.92 Å². The number of rotatable bonds is 6. The van der Waals surface area contributed by atoms with Gasteiger partial charge in [0.05, 0.1) is 5.60 Å². The number of nitrogens with zero attached hydrogens (tertiary/aromatic N) is 1. The number of aromatic nitrogens is 1. The molecule has 0 bridgehead atoms. The molecule has 0 amide bonds. The number of aliphatic hydroxyl groups is 1. The molecule has 0 radical (unpaired) electrons. The predicted octanol–water partition coefficient (Wildman–Crippen LogP) is 4.39. The molecule has 0 spiro atoms. The quantitative estimate of drug-likeness (QED) is 0.779. The van der Waals surface area contributed by atoms with Gasteiger partial charge in [-0.25, -0.2) is 0 Å². The average molecular weight is 383 g/mol. The van der Waals surface area contributed by atoms with Gasteiger partial charge in [-0.15, -0.1) is 0 Å². The summed E-state index contributed by atoms with van der Waals surface area (Å²) in [5.74, 6) is 0.802. The molecule has 0 aliphatic carbocycles. The predicted molar refractivity (Wildman–Crippen MR) is 115 cm³/mol. The van der Waals surface area contributed by atoms with Gasteiger partial charge in [0.15, 0.2) is 0 Å². The molecule has 0 saturated carbocycles. The maximum absolute atomic E-state index is 9.95. The summed E-state index contributed by atoms with van der Waals surface area (Å²) in [6.45, 7) is 7.95. The van der Waals surface area contributed by atoms with Crippen molar-refractivity contribution in [2.45, 2.75) is 57.6 Å². The van der Waals surface area contributed by atoms with E-state index < -0.39 is 5.60 Å². The first-order valence-corrected chi connectivity index (χ1v) is 10.8. The zero-order chi connectivity index (χ0) is 19.6. The Labute approximate surface area is 168 Å². The van der Waals surface area contributed by atoms with Crippen molar-refractivity contribution >= 4 is 17.0 Å². The van der Waals surface area contributed by atoms with Crippen LogP contribution in [-0.4, -0.2) is 52.9 Å². The summed E-state index contributed by atoms with van der Waals surface area (Å²) in [5, 5.41) is 11.3. The van der Waals surface area contributed by atoms with E-state index in [1.165, 1.54) is 55.2 Å². The number of H-pyrrole nitrogens is 1. The number of aromatic amines is 1. The zero-order valence-electron chi connectivity index (χ0n) is 17.3. The Morgan fingerprint density at radius 2 is 2.07 bits per heavy atom. The number of nitrogens with one attached hydrogen (secondary N) is 1. The van der Waals surface area contributed by atoms with Gasteiger partial charge in [0.1, 0.15) is 0 Å². The van der Waals surface area contributed by atoms with E-state index in [0.717, 1.165) is 31.1 Å². The van der Waals surface area contributed by atoms with Crippen molar-refractivity contribution in [3.05, 3.63) is 41.6 Å². The highest BCUT2D eigenvalue weighted by molar-refractivity contribution is 5.85. The molecular formula is C24H34N2O2. The first-order valence-electron chi connectivity index (χ1n) is 10.8. The fourth-order valence-electron chi connectivity index (χ4n) is 4.65. The van der Waals surface area contributed by atoms with Crippen LogP contribution in [0.25, 0.3) is 17.0 Å². The zero-order valence-corrected chi connectivity index (χ0v) is 17.3. The van der Waals surface area contributed by atoms with Gasteiger partial charge in [0.2, 0.25) is 0 Å². The van der Waals surface area contributed by atoms with E-state index in [4.69, 9.17) is 4.74 Å². The first kappa shape index (κ1) is 19.7. The van der Waals surface area contributed by atoms with E-state index in [9.17, 15) is 5.11 Å². The topological polar surface area (TPSA) is 48.5 Å². The molecular weight excluding hydrogens is 348 g/mol. The fraction of sp³-hybridized carbons (Fsp3) is 0.583. The van der Waals surface area contributed by atoms with Gasteiger partial charge in [0, 0.05) is 42.9 Å². The Morgan fingerprint density at radius 3 is 2.86 bits per heavy atom. The van der Waals surface area contributed by atoms with Gasteiger partial charge in [-0.1, -0.05) is 18.2 Å². The Hall–Kier alpha value is -1.62. The van der Waals surface area contributed by atoms with Gasteiger partial charge in [-0.2, -0.15) is 0 Å². The molecule has 2 saturated heterocycles. The maximum Gasteiger partial charge on any atom is 0.0774 e. The SMILES string of the molecule is CC(C)(O)C=Cc1ccc2[nH]cc(C[C@H]3CCCN3CC3CCOCC3)c2c1. The largest absolute Gasteiger partial charge is 0.386 e. The second-order valence-corrected chi connectivity index (χ2v) is 9.16. The molecule has 2 N–H and O–H groups in total. The van der Waals surface area contributed by atoms with E-state index in [2.05, 4.69) is 34.3 Å². The molecule has 4 heteroatoms. The summed E-state index contributed by atoms with van der Waals surface area (Å²) in [4.78, 5) is 6.18. The molecule has 4 rings (SSSR count). The molecule has 2 aliphatic rings. The third-order valence-corrected chi connectivity index (χ3v) is 6.26. The number of benzene rings is 1. The molecule has 3 heterocycles. The highest BCUT2D eigenvalue weighted by Gasteiger charge is 2.28. The van der Waals surface area contributed by atoms with Crippen LogP contribution in [-0.2, 0) is 11.2 Å². The maximum atomic E-state index is 9.95. The summed E-state index contributed by atoms with van der Waals surface area (Å²) < 4.78 is 5.53. The molecule has 28 heavy (non-hydrogen) atoms. The molecule has 1 atom stereocenters. The summed E-state index contributed by atoms with van der Waals surface area (Å²) in [7, 11) is 0. The smallest absolute Gasteiger partial charge is 0.0774 e. The molecule has 152 valence electrons. The first-order chi connectivity index (χ1) is 13.5. The van der Waals surface area contributed by atoms with E-state index in [-0.39, 0.29) is 0 Å². The molecule has 2 aliphatic heterocycles. The molecule has 0 unspecified atom stereocenters. The number of hydrogen-bond donors (Lipinski definition) is 2. The molecule has 1 aromatic carbocycles. The average Bonchev–Trinajstić information content (AvgIpc) is 3.28.